The van der Waals surface area contributed by atoms with Crippen LogP contribution >= 0.6 is 23.2 Å². The van der Waals surface area contributed by atoms with Gasteiger partial charge in [0.25, 0.3) is 11.8 Å². The maximum atomic E-state index is 12.3. The molecule has 1 heterocycles. The van der Waals surface area contributed by atoms with Crippen molar-refractivity contribution < 1.29 is 14.4 Å². The Morgan fingerprint density at radius 3 is 2.24 bits per heavy atom. The Morgan fingerprint density at radius 2 is 1.71 bits per heavy atom. The molecule has 1 aromatic rings. The number of anilines is 1. The third-order valence-electron chi connectivity index (χ3n) is 2.75. The van der Waals surface area contributed by atoms with Crippen LogP contribution in [0.3, 0.4) is 0 Å². The highest BCUT2D eigenvalue weighted by molar-refractivity contribution is 6.35. The first-order valence-electron chi connectivity index (χ1n) is 6.09. The summed E-state index contributed by atoms with van der Waals surface area (Å²) >= 11 is 11.7. The van der Waals surface area contributed by atoms with Crippen LogP contribution in [0.15, 0.2) is 29.8 Å². The fourth-order valence-corrected chi connectivity index (χ4v) is 2.44. The van der Waals surface area contributed by atoms with Crippen LogP contribution in [0.5, 0.6) is 0 Å². The number of rotatable bonds is 2. The SMILES string of the molecule is CC(C)=CC(=O)N1CC(=O)N(c2cc(Cl)cc(Cl)c2)C1=O. The van der Waals surface area contributed by atoms with Crippen molar-refractivity contribution in [3.63, 3.8) is 0 Å². The Labute approximate surface area is 131 Å². The van der Waals surface area contributed by atoms with Gasteiger partial charge in [-0.1, -0.05) is 28.8 Å². The van der Waals surface area contributed by atoms with E-state index < -0.39 is 17.8 Å². The smallest absolute Gasteiger partial charge is 0.272 e. The zero-order valence-electron chi connectivity index (χ0n) is 11.4. The van der Waals surface area contributed by atoms with Crippen molar-refractivity contribution in [2.45, 2.75) is 13.8 Å². The van der Waals surface area contributed by atoms with Gasteiger partial charge in [0, 0.05) is 16.1 Å². The van der Waals surface area contributed by atoms with Crippen LogP contribution in [0.1, 0.15) is 13.8 Å². The molecular formula is C14H12Cl2N2O3. The number of carbonyl (C=O) groups excluding carboxylic acids is 3. The van der Waals surface area contributed by atoms with Gasteiger partial charge < -0.3 is 0 Å². The summed E-state index contributed by atoms with van der Waals surface area (Å²) in [4.78, 5) is 38.0. The number of benzene rings is 1. The van der Waals surface area contributed by atoms with E-state index in [-0.39, 0.29) is 12.2 Å². The van der Waals surface area contributed by atoms with Crippen LogP contribution in [0.25, 0.3) is 0 Å². The summed E-state index contributed by atoms with van der Waals surface area (Å²) in [5, 5.41) is 0.597. The van der Waals surface area contributed by atoms with Crippen molar-refractivity contribution >= 4 is 46.7 Å². The number of nitrogens with zero attached hydrogens (tertiary/aromatic N) is 2. The molecule has 7 heteroatoms. The fraction of sp³-hybridized carbons (Fsp3) is 0.214. The number of imide groups is 2. The van der Waals surface area contributed by atoms with Crippen LogP contribution in [-0.4, -0.2) is 29.3 Å². The van der Waals surface area contributed by atoms with E-state index in [4.69, 9.17) is 23.2 Å². The average molecular weight is 327 g/mol. The average Bonchev–Trinajstić information content (AvgIpc) is 2.62. The van der Waals surface area contributed by atoms with E-state index in [0.29, 0.717) is 10.0 Å². The van der Waals surface area contributed by atoms with Gasteiger partial charge in [-0.2, -0.15) is 0 Å². The van der Waals surface area contributed by atoms with Crippen LogP contribution in [0.4, 0.5) is 10.5 Å². The third kappa shape index (κ3) is 3.25. The van der Waals surface area contributed by atoms with Crippen molar-refractivity contribution in [1.29, 1.82) is 0 Å². The number of hydrogen-bond acceptors (Lipinski definition) is 3. The number of hydrogen-bond donors (Lipinski definition) is 0. The second-order valence-corrected chi connectivity index (χ2v) is 5.66. The molecule has 0 aromatic heterocycles. The summed E-state index contributed by atoms with van der Waals surface area (Å²) in [5.41, 5.74) is 0.986. The van der Waals surface area contributed by atoms with E-state index in [0.717, 1.165) is 15.4 Å². The van der Waals surface area contributed by atoms with E-state index in [1.54, 1.807) is 13.8 Å². The highest BCUT2D eigenvalue weighted by Crippen LogP contribution is 2.28. The topological polar surface area (TPSA) is 57.7 Å². The lowest BCUT2D eigenvalue weighted by Gasteiger charge is -2.15. The lowest BCUT2D eigenvalue weighted by Crippen LogP contribution is -2.35. The Bertz CT molecular complexity index is 646. The zero-order valence-corrected chi connectivity index (χ0v) is 12.9. The van der Waals surface area contributed by atoms with Crippen molar-refractivity contribution in [3.8, 4) is 0 Å². The summed E-state index contributed by atoms with van der Waals surface area (Å²) < 4.78 is 0. The van der Waals surface area contributed by atoms with Gasteiger partial charge in [0.1, 0.15) is 6.54 Å². The molecule has 2 rings (SSSR count). The largest absolute Gasteiger partial charge is 0.338 e. The molecule has 5 nitrogen and oxygen atoms in total. The van der Waals surface area contributed by atoms with E-state index >= 15 is 0 Å². The molecule has 0 unspecified atom stereocenters. The summed E-state index contributed by atoms with van der Waals surface area (Å²) in [7, 11) is 0. The van der Waals surface area contributed by atoms with Crippen molar-refractivity contribution in [2.24, 2.45) is 0 Å². The number of allylic oxidation sites excluding steroid dienone is 1. The molecule has 1 fully saturated rings. The van der Waals surface area contributed by atoms with Crippen LogP contribution in [-0.2, 0) is 9.59 Å². The van der Waals surface area contributed by atoms with Gasteiger partial charge in [-0.15, -0.1) is 0 Å². The van der Waals surface area contributed by atoms with Gasteiger partial charge in [0.15, 0.2) is 0 Å². The molecule has 0 saturated carbocycles. The molecule has 0 spiro atoms. The van der Waals surface area contributed by atoms with Gasteiger partial charge in [0.05, 0.1) is 5.69 Å². The van der Waals surface area contributed by atoms with E-state index in [9.17, 15) is 14.4 Å². The minimum atomic E-state index is -0.708. The van der Waals surface area contributed by atoms with Gasteiger partial charge >= 0.3 is 6.03 Å². The Kier molecular flexibility index (Phi) is 4.34. The van der Waals surface area contributed by atoms with Crippen molar-refractivity contribution in [2.75, 3.05) is 11.4 Å². The molecule has 1 saturated heterocycles. The van der Waals surface area contributed by atoms with Crippen LogP contribution in [0, 0.1) is 0 Å². The summed E-state index contributed by atoms with van der Waals surface area (Å²) in [5.74, 6) is -1.03. The highest BCUT2D eigenvalue weighted by atomic mass is 35.5. The molecule has 0 atom stereocenters. The lowest BCUT2D eigenvalue weighted by molar-refractivity contribution is -0.125. The predicted octanol–water partition coefficient (Wildman–Crippen LogP) is 3.25. The fourth-order valence-electron chi connectivity index (χ4n) is 1.92. The highest BCUT2D eigenvalue weighted by Gasteiger charge is 2.40. The Hall–Kier alpha value is -1.85. The summed E-state index contributed by atoms with van der Waals surface area (Å²) in [6.45, 7) is 3.16. The van der Waals surface area contributed by atoms with Crippen LogP contribution in [0.2, 0.25) is 10.0 Å². The van der Waals surface area contributed by atoms with Crippen molar-refractivity contribution in [3.05, 3.63) is 39.9 Å². The molecule has 0 aliphatic carbocycles. The van der Waals surface area contributed by atoms with Gasteiger partial charge in [-0.05, 0) is 32.0 Å². The molecule has 0 radical (unpaired) electrons. The Balaban J connectivity index is 2.34. The first-order valence-corrected chi connectivity index (χ1v) is 6.84. The van der Waals surface area contributed by atoms with Gasteiger partial charge in [-0.3, -0.25) is 14.5 Å². The molecule has 110 valence electrons. The minimum absolute atomic E-state index is 0.245. The molecule has 0 bridgehead atoms. The maximum Gasteiger partial charge on any atom is 0.338 e. The normalized spacial score (nSPS) is 14.7. The first-order chi connectivity index (χ1) is 9.79. The molecule has 1 aliphatic heterocycles. The monoisotopic (exact) mass is 326 g/mol. The van der Waals surface area contributed by atoms with Gasteiger partial charge in [-0.25, -0.2) is 9.69 Å². The van der Waals surface area contributed by atoms with Gasteiger partial charge in [0.2, 0.25) is 0 Å². The second-order valence-electron chi connectivity index (χ2n) is 4.79. The first kappa shape index (κ1) is 15.5. The quantitative estimate of drug-likeness (QED) is 0.619. The van der Waals surface area contributed by atoms with Crippen molar-refractivity contribution in [1.82, 2.24) is 4.90 Å². The molecule has 1 aliphatic rings. The predicted molar refractivity (Wildman–Crippen MR) is 80.5 cm³/mol. The zero-order chi connectivity index (χ0) is 15.7. The van der Waals surface area contributed by atoms with E-state index in [1.165, 1.54) is 24.3 Å². The van der Waals surface area contributed by atoms with E-state index in [1.807, 2.05) is 0 Å². The summed E-state index contributed by atoms with van der Waals surface area (Å²) in [6.07, 6.45) is 1.31. The minimum Gasteiger partial charge on any atom is -0.272 e. The maximum absolute atomic E-state index is 12.3. The molecule has 0 N–H and O–H groups in total. The molecule has 21 heavy (non-hydrogen) atoms. The standard InChI is InChI=1S/C14H12Cl2N2O3/c1-8(2)3-12(19)17-7-13(20)18(14(17)21)11-5-9(15)4-10(16)6-11/h3-6H,7H2,1-2H3. The summed E-state index contributed by atoms with van der Waals surface area (Å²) in [6, 6.07) is 3.67. The second kappa shape index (κ2) is 5.87. The molecule has 1 aromatic carbocycles. The number of amides is 4. The van der Waals surface area contributed by atoms with Crippen LogP contribution < -0.4 is 4.90 Å². The van der Waals surface area contributed by atoms with E-state index in [2.05, 4.69) is 0 Å². The number of halogens is 2. The molecular weight excluding hydrogens is 315 g/mol. The third-order valence-corrected chi connectivity index (χ3v) is 3.19. The number of urea groups is 1. The lowest BCUT2D eigenvalue weighted by atomic mass is 10.3. The Morgan fingerprint density at radius 1 is 1.14 bits per heavy atom. The molecule has 4 amide bonds. The number of carbonyl (C=O) groups is 3.